The summed E-state index contributed by atoms with van der Waals surface area (Å²) in [6.45, 7) is 4.48. The van der Waals surface area contributed by atoms with Crippen LogP contribution in [0.15, 0.2) is 24.3 Å². The fourth-order valence-corrected chi connectivity index (χ4v) is 3.64. The van der Waals surface area contributed by atoms with Crippen molar-refractivity contribution in [1.29, 1.82) is 0 Å². The van der Waals surface area contributed by atoms with Gasteiger partial charge in [-0.15, -0.1) is 0 Å². The van der Waals surface area contributed by atoms with Crippen LogP contribution >= 0.6 is 0 Å². The Hall–Kier alpha value is -0.930. The van der Waals surface area contributed by atoms with Gasteiger partial charge in [0.2, 0.25) is 0 Å². The molecule has 0 spiro atoms. The highest BCUT2D eigenvalue weighted by Gasteiger charge is 2.35. The fraction of sp³-hybridized carbons (Fsp3) is 0.647. The summed E-state index contributed by atoms with van der Waals surface area (Å²) in [5, 5.41) is 0. The van der Waals surface area contributed by atoms with Crippen molar-refractivity contribution >= 4 is 0 Å². The van der Waals surface area contributed by atoms with Crippen LogP contribution in [0.1, 0.15) is 31.7 Å². The number of piperidine rings is 1. The first kappa shape index (κ1) is 14.0. The molecule has 2 N–H and O–H groups in total. The van der Waals surface area contributed by atoms with Crippen LogP contribution in [0, 0.1) is 17.7 Å². The Bertz CT molecular complexity index is 458. The van der Waals surface area contributed by atoms with Gasteiger partial charge in [-0.25, -0.2) is 4.39 Å². The van der Waals surface area contributed by atoms with Crippen molar-refractivity contribution in [2.45, 2.75) is 44.7 Å². The monoisotopic (exact) mass is 276 g/mol. The van der Waals surface area contributed by atoms with Crippen LogP contribution in [-0.4, -0.2) is 30.1 Å². The van der Waals surface area contributed by atoms with E-state index in [4.69, 9.17) is 5.73 Å². The molecule has 1 aromatic rings. The van der Waals surface area contributed by atoms with Crippen molar-refractivity contribution in [3.63, 3.8) is 0 Å². The topological polar surface area (TPSA) is 29.3 Å². The van der Waals surface area contributed by atoms with Crippen molar-refractivity contribution in [2.75, 3.05) is 13.1 Å². The second-order valence-corrected chi connectivity index (χ2v) is 6.73. The summed E-state index contributed by atoms with van der Waals surface area (Å²) in [5.74, 6) is 1.31. The minimum atomic E-state index is -0.134. The van der Waals surface area contributed by atoms with Crippen molar-refractivity contribution in [3.8, 4) is 0 Å². The molecule has 1 saturated heterocycles. The van der Waals surface area contributed by atoms with E-state index in [9.17, 15) is 4.39 Å². The van der Waals surface area contributed by atoms with Crippen LogP contribution in [0.3, 0.4) is 0 Å². The van der Waals surface area contributed by atoms with E-state index in [1.165, 1.54) is 18.9 Å². The summed E-state index contributed by atoms with van der Waals surface area (Å²) in [5.41, 5.74) is 7.34. The fourth-order valence-electron chi connectivity index (χ4n) is 3.64. The first-order valence-electron chi connectivity index (χ1n) is 7.86. The molecule has 0 aromatic heterocycles. The van der Waals surface area contributed by atoms with Gasteiger partial charge >= 0.3 is 0 Å². The molecule has 1 aromatic carbocycles. The molecule has 110 valence electrons. The Morgan fingerprint density at radius 3 is 2.85 bits per heavy atom. The van der Waals surface area contributed by atoms with E-state index in [1.54, 1.807) is 12.1 Å². The lowest BCUT2D eigenvalue weighted by molar-refractivity contribution is 0.105. The smallest absolute Gasteiger partial charge is 0.123 e. The number of rotatable bonds is 4. The summed E-state index contributed by atoms with van der Waals surface area (Å²) in [6.07, 6.45) is 4.76. The van der Waals surface area contributed by atoms with E-state index < -0.39 is 0 Å². The number of nitrogens with zero attached hydrogens (tertiary/aromatic N) is 1. The Balaban J connectivity index is 1.63. The molecule has 2 fully saturated rings. The summed E-state index contributed by atoms with van der Waals surface area (Å²) in [7, 11) is 0. The van der Waals surface area contributed by atoms with Gasteiger partial charge in [0.1, 0.15) is 5.82 Å². The number of nitrogens with two attached hydrogens (primary N) is 1. The van der Waals surface area contributed by atoms with Gasteiger partial charge in [-0.1, -0.05) is 12.1 Å². The molecule has 3 rings (SSSR count). The molecule has 20 heavy (non-hydrogen) atoms. The number of hydrogen-bond donors (Lipinski definition) is 1. The van der Waals surface area contributed by atoms with E-state index >= 15 is 0 Å². The highest BCUT2D eigenvalue weighted by atomic mass is 19.1. The first-order chi connectivity index (χ1) is 9.61. The molecule has 1 heterocycles. The maximum atomic E-state index is 13.3. The Labute approximate surface area is 121 Å². The Kier molecular flexibility index (Phi) is 4.08. The summed E-state index contributed by atoms with van der Waals surface area (Å²) < 4.78 is 13.3. The van der Waals surface area contributed by atoms with E-state index in [-0.39, 0.29) is 11.9 Å². The highest BCUT2D eigenvalue weighted by molar-refractivity contribution is 5.17. The van der Waals surface area contributed by atoms with E-state index in [1.807, 2.05) is 6.07 Å². The molecule has 1 aliphatic carbocycles. The summed E-state index contributed by atoms with van der Waals surface area (Å²) in [6, 6.07) is 7.93. The molecule has 3 atom stereocenters. The molecule has 0 amide bonds. The van der Waals surface area contributed by atoms with E-state index in [0.717, 1.165) is 37.4 Å². The van der Waals surface area contributed by atoms with Gasteiger partial charge in [-0.3, -0.25) is 4.90 Å². The van der Waals surface area contributed by atoms with Crippen LogP contribution < -0.4 is 5.73 Å². The molecule has 1 aliphatic heterocycles. The van der Waals surface area contributed by atoms with Crippen molar-refractivity contribution in [2.24, 2.45) is 17.6 Å². The minimum Gasteiger partial charge on any atom is -0.327 e. The van der Waals surface area contributed by atoms with Gasteiger partial charge in [-0.2, -0.15) is 0 Å². The molecule has 0 bridgehead atoms. The molecular weight excluding hydrogens is 251 g/mol. The van der Waals surface area contributed by atoms with Gasteiger partial charge < -0.3 is 5.73 Å². The summed E-state index contributed by atoms with van der Waals surface area (Å²) >= 11 is 0. The Morgan fingerprint density at radius 2 is 2.15 bits per heavy atom. The normalized spacial score (nSPS) is 29.4. The average molecular weight is 276 g/mol. The lowest BCUT2D eigenvalue weighted by Gasteiger charge is -2.40. The third-order valence-electron chi connectivity index (χ3n) is 4.89. The number of hydrogen-bond acceptors (Lipinski definition) is 2. The predicted octanol–water partition coefficient (Wildman–Crippen LogP) is 2.82. The maximum absolute atomic E-state index is 13.3. The minimum absolute atomic E-state index is 0.134. The van der Waals surface area contributed by atoms with Gasteiger partial charge in [0.05, 0.1) is 0 Å². The van der Waals surface area contributed by atoms with Gasteiger partial charge in [0.15, 0.2) is 0 Å². The van der Waals surface area contributed by atoms with Crippen molar-refractivity contribution in [1.82, 2.24) is 4.90 Å². The molecule has 2 nitrogen and oxygen atoms in total. The van der Waals surface area contributed by atoms with Crippen molar-refractivity contribution in [3.05, 3.63) is 35.6 Å². The zero-order chi connectivity index (χ0) is 14.1. The first-order valence-corrected chi connectivity index (χ1v) is 7.86. The molecular formula is C17H25FN2. The van der Waals surface area contributed by atoms with Gasteiger partial charge in [0, 0.05) is 25.2 Å². The van der Waals surface area contributed by atoms with E-state index in [2.05, 4.69) is 11.8 Å². The van der Waals surface area contributed by atoms with E-state index in [0.29, 0.717) is 12.0 Å². The molecule has 2 aliphatic rings. The molecule has 0 radical (unpaired) electrons. The zero-order valence-electron chi connectivity index (χ0n) is 12.3. The predicted molar refractivity (Wildman–Crippen MR) is 79.9 cm³/mol. The second kappa shape index (κ2) is 5.82. The highest BCUT2D eigenvalue weighted by Crippen LogP contribution is 2.36. The third-order valence-corrected chi connectivity index (χ3v) is 4.89. The Morgan fingerprint density at radius 1 is 1.35 bits per heavy atom. The third kappa shape index (κ3) is 3.39. The molecule has 3 unspecified atom stereocenters. The second-order valence-electron chi connectivity index (χ2n) is 6.73. The lowest BCUT2D eigenvalue weighted by atomic mass is 9.88. The van der Waals surface area contributed by atoms with Gasteiger partial charge in [-0.05, 0) is 62.1 Å². The maximum Gasteiger partial charge on any atom is 0.123 e. The van der Waals surface area contributed by atoms with Crippen LogP contribution in [-0.2, 0) is 6.42 Å². The quantitative estimate of drug-likeness (QED) is 0.916. The summed E-state index contributed by atoms with van der Waals surface area (Å²) in [4.78, 5) is 2.57. The lowest BCUT2D eigenvalue weighted by Crippen LogP contribution is -2.51. The van der Waals surface area contributed by atoms with Crippen LogP contribution in [0.4, 0.5) is 4.39 Å². The largest absolute Gasteiger partial charge is 0.327 e. The zero-order valence-corrected chi connectivity index (χ0v) is 12.3. The van der Waals surface area contributed by atoms with Gasteiger partial charge in [0.25, 0.3) is 0 Å². The average Bonchev–Trinajstić information content (AvgIpc) is 3.21. The number of halogens is 1. The molecule has 3 heteroatoms. The van der Waals surface area contributed by atoms with Crippen LogP contribution in [0.25, 0.3) is 0 Å². The molecule has 1 saturated carbocycles. The van der Waals surface area contributed by atoms with Crippen LogP contribution in [0.2, 0.25) is 0 Å². The number of benzene rings is 1. The standard InChI is InChI=1S/C17H25FN2/c1-12(15-5-6-15)20-10-14(9-17(19)11-20)7-13-3-2-4-16(18)8-13/h2-4,8,12,14-15,17H,5-7,9-11,19H2,1H3. The SMILES string of the molecule is CC(C1CC1)N1CC(N)CC(Cc2cccc(F)c2)C1. The number of likely N-dealkylation sites (tertiary alicyclic amines) is 1. The van der Waals surface area contributed by atoms with Crippen molar-refractivity contribution < 1.29 is 4.39 Å². The van der Waals surface area contributed by atoms with Crippen LogP contribution in [0.5, 0.6) is 0 Å².